The molecule has 2 N–H and O–H groups in total. The van der Waals surface area contributed by atoms with E-state index < -0.39 is 0 Å². The van der Waals surface area contributed by atoms with Crippen LogP contribution in [0.1, 0.15) is 32.3 Å². The van der Waals surface area contributed by atoms with Gasteiger partial charge in [0.1, 0.15) is 0 Å². The average molecular weight is 520 g/mol. The van der Waals surface area contributed by atoms with Crippen molar-refractivity contribution in [1.29, 1.82) is 0 Å². The lowest BCUT2D eigenvalue weighted by Gasteiger charge is -2.32. The molecule has 8 heteroatoms. The maximum absolute atomic E-state index is 5.66. The first-order valence-corrected chi connectivity index (χ1v) is 10.3. The molecule has 7 nitrogen and oxygen atoms in total. The van der Waals surface area contributed by atoms with Gasteiger partial charge in [0.2, 0.25) is 0 Å². The zero-order valence-electron chi connectivity index (χ0n) is 18.2. The van der Waals surface area contributed by atoms with E-state index in [-0.39, 0.29) is 24.0 Å². The van der Waals surface area contributed by atoms with Crippen LogP contribution in [0.5, 0.6) is 11.5 Å². The van der Waals surface area contributed by atoms with Crippen LogP contribution in [0.2, 0.25) is 0 Å². The van der Waals surface area contributed by atoms with Crippen LogP contribution < -0.4 is 20.1 Å². The summed E-state index contributed by atoms with van der Waals surface area (Å²) in [5, 5.41) is 6.95. The molecule has 0 radical (unpaired) electrons. The zero-order valence-corrected chi connectivity index (χ0v) is 20.5. The number of benzene rings is 1. The molecule has 2 rings (SSSR count). The number of piperidine rings is 1. The normalized spacial score (nSPS) is 15.5. The predicted octanol–water partition coefficient (Wildman–Crippen LogP) is 2.88. The van der Waals surface area contributed by atoms with Gasteiger partial charge < -0.3 is 29.7 Å². The van der Waals surface area contributed by atoms with Crippen molar-refractivity contribution in [2.75, 3.05) is 53.6 Å². The number of hydrogen-bond acceptors (Lipinski definition) is 5. The summed E-state index contributed by atoms with van der Waals surface area (Å²) in [6.07, 6.45) is 2.23. The highest BCUT2D eigenvalue weighted by atomic mass is 127. The molecule has 1 aliphatic heterocycles. The summed E-state index contributed by atoms with van der Waals surface area (Å²) in [6, 6.07) is 6.42. The van der Waals surface area contributed by atoms with E-state index in [2.05, 4.69) is 22.5 Å². The van der Waals surface area contributed by atoms with Gasteiger partial charge in [0.25, 0.3) is 0 Å². The Kier molecular flexibility index (Phi) is 13.0. The third-order valence-electron chi connectivity index (χ3n) is 4.83. The quantitative estimate of drug-likeness (QED) is 0.281. The number of likely N-dealkylation sites (tertiary alicyclic amines) is 1. The second-order valence-corrected chi connectivity index (χ2v) is 6.87. The van der Waals surface area contributed by atoms with Crippen LogP contribution in [0.25, 0.3) is 0 Å². The van der Waals surface area contributed by atoms with Gasteiger partial charge in [-0.3, -0.25) is 0 Å². The van der Waals surface area contributed by atoms with Crippen LogP contribution in [-0.2, 0) is 11.3 Å². The van der Waals surface area contributed by atoms with Crippen molar-refractivity contribution in [2.45, 2.75) is 39.3 Å². The lowest BCUT2D eigenvalue weighted by Crippen LogP contribution is -2.49. The summed E-state index contributed by atoms with van der Waals surface area (Å²) in [5.41, 5.74) is 1.09. The fraction of sp³-hybridized carbons (Fsp3) is 0.667. The second kappa shape index (κ2) is 14.7. The minimum atomic E-state index is 0. The van der Waals surface area contributed by atoms with Crippen molar-refractivity contribution in [3.8, 4) is 11.5 Å². The van der Waals surface area contributed by atoms with Gasteiger partial charge in [-0.15, -0.1) is 24.0 Å². The van der Waals surface area contributed by atoms with E-state index in [1.807, 2.05) is 25.1 Å². The van der Waals surface area contributed by atoms with Crippen molar-refractivity contribution in [2.24, 2.45) is 4.99 Å². The third kappa shape index (κ3) is 8.96. The number of aliphatic imine (C=N–C) groups is 1. The van der Waals surface area contributed by atoms with Gasteiger partial charge in [0.05, 0.1) is 26.9 Å². The van der Waals surface area contributed by atoms with Crippen LogP contribution in [0.15, 0.2) is 23.2 Å². The minimum absolute atomic E-state index is 0. The first-order valence-electron chi connectivity index (χ1n) is 10.3. The molecule has 0 atom stereocenters. The number of nitrogens with one attached hydrogen (secondary N) is 2. The van der Waals surface area contributed by atoms with Crippen LogP contribution in [-0.4, -0.2) is 70.5 Å². The number of ether oxygens (including phenoxy) is 3. The smallest absolute Gasteiger partial charge is 0.191 e. The Morgan fingerprint density at radius 2 is 1.93 bits per heavy atom. The average Bonchev–Trinajstić information content (AvgIpc) is 2.72. The second-order valence-electron chi connectivity index (χ2n) is 6.87. The van der Waals surface area contributed by atoms with Gasteiger partial charge in [0.15, 0.2) is 17.5 Å². The van der Waals surface area contributed by atoms with E-state index >= 15 is 0 Å². The molecule has 0 aromatic heterocycles. The van der Waals surface area contributed by atoms with Crippen molar-refractivity contribution in [3.05, 3.63) is 23.8 Å². The van der Waals surface area contributed by atoms with E-state index in [0.717, 1.165) is 68.6 Å². The van der Waals surface area contributed by atoms with Gasteiger partial charge in [-0.2, -0.15) is 0 Å². The Balaban J connectivity index is 0.00000420. The Morgan fingerprint density at radius 3 is 2.55 bits per heavy atom. The highest BCUT2D eigenvalue weighted by molar-refractivity contribution is 14.0. The van der Waals surface area contributed by atoms with Crippen molar-refractivity contribution in [3.63, 3.8) is 0 Å². The highest BCUT2D eigenvalue weighted by Crippen LogP contribution is 2.28. The van der Waals surface area contributed by atoms with E-state index in [0.29, 0.717) is 19.2 Å². The molecule has 0 unspecified atom stereocenters. The SMILES string of the molecule is CCNC(=NCc1ccc(OC)c(OCC)c1)NC1CCN(CCOC)CC1.I. The molecular formula is C21H37IN4O3. The molecule has 1 fully saturated rings. The fourth-order valence-electron chi connectivity index (χ4n) is 3.29. The molecule has 1 aromatic rings. The van der Waals surface area contributed by atoms with Gasteiger partial charge in [-0.25, -0.2) is 4.99 Å². The molecule has 0 amide bonds. The van der Waals surface area contributed by atoms with Gasteiger partial charge in [0, 0.05) is 39.3 Å². The highest BCUT2D eigenvalue weighted by Gasteiger charge is 2.19. The summed E-state index contributed by atoms with van der Waals surface area (Å²) >= 11 is 0. The van der Waals surface area contributed by atoms with Gasteiger partial charge in [-0.05, 0) is 44.4 Å². The third-order valence-corrected chi connectivity index (χ3v) is 4.83. The number of guanidine groups is 1. The summed E-state index contributed by atoms with van der Waals surface area (Å²) in [5.74, 6) is 2.38. The lowest BCUT2D eigenvalue weighted by atomic mass is 10.1. The van der Waals surface area contributed by atoms with E-state index in [9.17, 15) is 0 Å². The Labute approximate surface area is 192 Å². The van der Waals surface area contributed by atoms with E-state index in [1.54, 1.807) is 14.2 Å². The monoisotopic (exact) mass is 520 g/mol. The molecule has 166 valence electrons. The molecule has 0 spiro atoms. The molecule has 1 aliphatic rings. The van der Waals surface area contributed by atoms with E-state index in [1.165, 1.54) is 0 Å². The summed E-state index contributed by atoms with van der Waals surface area (Å²) in [4.78, 5) is 7.22. The standard InChI is InChI=1S/C21H36N4O3.HI/c1-5-22-21(24-18-9-11-25(12-10-18)13-14-26-3)23-16-17-7-8-19(27-4)20(15-17)28-6-2;/h7-8,15,18H,5-6,9-14,16H2,1-4H3,(H2,22,23,24);1H. The number of hydrogen-bond donors (Lipinski definition) is 2. The largest absolute Gasteiger partial charge is 0.493 e. The molecule has 1 heterocycles. The molecule has 1 saturated heterocycles. The number of nitrogens with zero attached hydrogens (tertiary/aromatic N) is 2. The lowest BCUT2D eigenvalue weighted by molar-refractivity contribution is 0.128. The van der Waals surface area contributed by atoms with Crippen LogP contribution in [0.4, 0.5) is 0 Å². The summed E-state index contributed by atoms with van der Waals surface area (Å²) < 4.78 is 16.2. The molecule has 0 bridgehead atoms. The minimum Gasteiger partial charge on any atom is -0.493 e. The maximum atomic E-state index is 5.66. The maximum Gasteiger partial charge on any atom is 0.191 e. The zero-order chi connectivity index (χ0) is 20.2. The Morgan fingerprint density at radius 1 is 1.17 bits per heavy atom. The van der Waals surface area contributed by atoms with Crippen molar-refractivity contribution >= 4 is 29.9 Å². The number of methoxy groups -OCH3 is 2. The predicted molar refractivity (Wildman–Crippen MR) is 129 cm³/mol. The van der Waals surface area contributed by atoms with Crippen LogP contribution in [0, 0.1) is 0 Å². The first-order chi connectivity index (χ1) is 13.7. The van der Waals surface area contributed by atoms with Crippen LogP contribution in [0.3, 0.4) is 0 Å². The Hall–Kier alpha value is -1.26. The number of halogens is 1. The van der Waals surface area contributed by atoms with Gasteiger partial charge in [-0.1, -0.05) is 6.07 Å². The Bertz CT molecular complexity index is 608. The molecule has 0 aliphatic carbocycles. The molecular weight excluding hydrogens is 483 g/mol. The topological polar surface area (TPSA) is 67.4 Å². The van der Waals surface area contributed by atoms with Crippen molar-refractivity contribution in [1.82, 2.24) is 15.5 Å². The summed E-state index contributed by atoms with van der Waals surface area (Å²) in [6.45, 7) is 10.1. The van der Waals surface area contributed by atoms with Crippen LogP contribution >= 0.6 is 24.0 Å². The first kappa shape index (κ1) is 25.8. The van der Waals surface area contributed by atoms with Gasteiger partial charge >= 0.3 is 0 Å². The number of rotatable bonds is 10. The fourth-order valence-corrected chi connectivity index (χ4v) is 3.29. The van der Waals surface area contributed by atoms with Crippen molar-refractivity contribution < 1.29 is 14.2 Å². The molecule has 0 saturated carbocycles. The molecule has 29 heavy (non-hydrogen) atoms. The van der Waals surface area contributed by atoms with E-state index in [4.69, 9.17) is 19.2 Å². The summed E-state index contributed by atoms with van der Waals surface area (Å²) in [7, 11) is 3.41. The molecule has 1 aromatic carbocycles.